The van der Waals surface area contributed by atoms with Gasteiger partial charge in [0.05, 0.1) is 10.7 Å². The van der Waals surface area contributed by atoms with Crippen molar-refractivity contribution in [2.75, 3.05) is 18.4 Å². The molecular formula is C19H21ClN2. The van der Waals surface area contributed by atoms with Gasteiger partial charge in [0, 0.05) is 6.04 Å². The van der Waals surface area contributed by atoms with E-state index in [4.69, 9.17) is 11.6 Å². The van der Waals surface area contributed by atoms with Crippen molar-refractivity contribution >= 4 is 17.3 Å². The number of hydrogen-bond acceptors (Lipinski definition) is 2. The maximum Gasteiger partial charge on any atom is 0.0640 e. The summed E-state index contributed by atoms with van der Waals surface area (Å²) in [5, 5.41) is 8.09. The highest BCUT2D eigenvalue weighted by atomic mass is 35.5. The number of halogens is 1. The summed E-state index contributed by atoms with van der Waals surface area (Å²) in [6.07, 6.45) is 4.33. The minimum atomic E-state index is 0.456. The number of anilines is 1. The zero-order chi connectivity index (χ0) is 14.9. The van der Waals surface area contributed by atoms with Gasteiger partial charge in [0.15, 0.2) is 0 Å². The molecule has 0 spiro atoms. The van der Waals surface area contributed by atoms with Crippen LogP contribution in [0.4, 0.5) is 5.69 Å². The summed E-state index contributed by atoms with van der Waals surface area (Å²) < 4.78 is 0. The van der Waals surface area contributed by atoms with Crippen LogP contribution in [0.5, 0.6) is 0 Å². The molecule has 0 atom stereocenters. The molecule has 2 nitrogen and oxygen atoms in total. The molecule has 0 fully saturated rings. The normalized spacial score (nSPS) is 17.7. The fraction of sp³-hybridized carbons (Fsp3) is 0.368. The molecule has 3 heteroatoms. The Morgan fingerprint density at radius 1 is 0.909 bits per heavy atom. The average molecular weight is 313 g/mol. The molecule has 0 unspecified atom stereocenters. The molecular weight excluding hydrogens is 292 g/mol. The number of benzene rings is 2. The second-order valence-electron chi connectivity index (χ2n) is 6.33. The van der Waals surface area contributed by atoms with Crippen molar-refractivity contribution in [2.24, 2.45) is 0 Å². The smallest absolute Gasteiger partial charge is 0.0640 e. The standard InChI is InChI=1S/C19H21ClN2/c20-18-6-5-13-7-9-21-10-8-17(13)19(18)22-16-11-14-3-1-2-4-15(14)12-16/h1-6,16,21-22H,7-12H2. The highest BCUT2D eigenvalue weighted by Gasteiger charge is 2.23. The van der Waals surface area contributed by atoms with E-state index in [1.807, 2.05) is 0 Å². The van der Waals surface area contributed by atoms with Crippen LogP contribution in [0.25, 0.3) is 0 Å². The minimum Gasteiger partial charge on any atom is -0.380 e. The average Bonchev–Trinajstić information content (AvgIpc) is 2.78. The molecule has 4 rings (SSSR count). The van der Waals surface area contributed by atoms with Gasteiger partial charge in [-0.1, -0.05) is 41.9 Å². The van der Waals surface area contributed by atoms with Crippen molar-refractivity contribution in [3.05, 3.63) is 63.7 Å². The monoisotopic (exact) mass is 312 g/mol. The lowest BCUT2D eigenvalue weighted by molar-refractivity contribution is 0.710. The minimum absolute atomic E-state index is 0.456. The van der Waals surface area contributed by atoms with E-state index >= 15 is 0 Å². The lowest BCUT2D eigenvalue weighted by atomic mass is 10.00. The van der Waals surface area contributed by atoms with Gasteiger partial charge in [-0.05, 0) is 67.1 Å². The topological polar surface area (TPSA) is 24.1 Å². The van der Waals surface area contributed by atoms with E-state index in [-0.39, 0.29) is 0 Å². The predicted octanol–water partition coefficient (Wildman–Crippen LogP) is 3.61. The fourth-order valence-electron chi connectivity index (χ4n) is 3.76. The Kier molecular flexibility index (Phi) is 3.81. The first-order chi connectivity index (χ1) is 10.8. The highest BCUT2D eigenvalue weighted by Crippen LogP contribution is 2.33. The molecule has 0 amide bonds. The molecule has 22 heavy (non-hydrogen) atoms. The van der Waals surface area contributed by atoms with E-state index in [2.05, 4.69) is 47.0 Å². The van der Waals surface area contributed by atoms with Gasteiger partial charge >= 0.3 is 0 Å². The number of nitrogens with one attached hydrogen (secondary N) is 2. The van der Waals surface area contributed by atoms with Crippen LogP contribution in [0, 0.1) is 0 Å². The van der Waals surface area contributed by atoms with Crippen LogP contribution < -0.4 is 10.6 Å². The summed E-state index contributed by atoms with van der Waals surface area (Å²) in [6, 6.07) is 13.5. The summed E-state index contributed by atoms with van der Waals surface area (Å²) in [5.74, 6) is 0. The fourth-order valence-corrected chi connectivity index (χ4v) is 4.00. The van der Waals surface area contributed by atoms with Crippen molar-refractivity contribution in [3.63, 3.8) is 0 Å². The Balaban J connectivity index is 1.61. The molecule has 0 saturated heterocycles. The van der Waals surface area contributed by atoms with E-state index in [0.29, 0.717) is 6.04 Å². The van der Waals surface area contributed by atoms with Crippen molar-refractivity contribution in [2.45, 2.75) is 31.7 Å². The summed E-state index contributed by atoms with van der Waals surface area (Å²) in [5.41, 5.74) is 6.96. The Morgan fingerprint density at radius 2 is 1.64 bits per heavy atom. The van der Waals surface area contributed by atoms with Crippen LogP contribution in [0.2, 0.25) is 5.02 Å². The molecule has 114 valence electrons. The Hall–Kier alpha value is -1.51. The number of rotatable bonds is 2. The second kappa shape index (κ2) is 5.94. The molecule has 2 aromatic rings. The second-order valence-corrected chi connectivity index (χ2v) is 6.74. The van der Waals surface area contributed by atoms with E-state index in [1.165, 1.54) is 27.9 Å². The van der Waals surface area contributed by atoms with Gasteiger partial charge in [-0.15, -0.1) is 0 Å². The van der Waals surface area contributed by atoms with Crippen LogP contribution in [0.1, 0.15) is 22.3 Å². The van der Waals surface area contributed by atoms with Crippen molar-refractivity contribution in [1.29, 1.82) is 0 Å². The van der Waals surface area contributed by atoms with Gasteiger partial charge in [-0.25, -0.2) is 0 Å². The number of hydrogen-bond donors (Lipinski definition) is 2. The molecule has 2 aromatic carbocycles. The first kappa shape index (κ1) is 14.1. The van der Waals surface area contributed by atoms with E-state index < -0.39 is 0 Å². The summed E-state index contributed by atoms with van der Waals surface area (Å²) in [4.78, 5) is 0. The third-order valence-electron chi connectivity index (χ3n) is 4.88. The molecule has 0 aromatic heterocycles. The maximum absolute atomic E-state index is 6.52. The largest absolute Gasteiger partial charge is 0.380 e. The summed E-state index contributed by atoms with van der Waals surface area (Å²) in [6.45, 7) is 2.09. The van der Waals surface area contributed by atoms with Gasteiger partial charge in [0.2, 0.25) is 0 Å². The Labute approximate surface area is 136 Å². The zero-order valence-electron chi connectivity index (χ0n) is 12.7. The van der Waals surface area contributed by atoms with Gasteiger partial charge in [0.25, 0.3) is 0 Å². The van der Waals surface area contributed by atoms with E-state index in [1.54, 1.807) is 0 Å². The highest BCUT2D eigenvalue weighted by molar-refractivity contribution is 6.33. The number of fused-ring (bicyclic) bond motifs is 2. The first-order valence-corrected chi connectivity index (χ1v) is 8.53. The molecule has 1 aliphatic heterocycles. The van der Waals surface area contributed by atoms with Gasteiger partial charge in [-0.2, -0.15) is 0 Å². The Bertz CT molecular complexity index is 671. The van der Waals surface area contributed by atoms with Gasteiger partial charge < -0.3 is 10.6 Å². The molecule has 0 bridgehead atoms. The third-order valence-corrected chi connectivity index (χ3v) is 5.20. The van der Waals surface area contributed by atoms with Gasteiger partial charge in [-0.3, -0.25) is 0 Å². The van der Waals surface area contributed by atoms with Crippen molar-refractivity contribution in [3.8, 4) is 0 Å². The van der Waals surface area contributed by atoms with Crippen LogP contribution >= 0.6 is 11.6 Å². The zero-order valence-corrected chi connectivity index (χ0v) is 13.4. The summed E-state index contributed by atoms with van der Waals surface area (Å²) in [7, 11) is 0. The molecule has 0 saturated carbocycles. The lowest BCUT2D eigenvalue weighted by Gasteiger charge is -2.20. The molecule has 0 radical (unpaired) electrons. The van der Waals surface area contributed by atoms with E-state index in [9.17, 15) is 0 Å². The maximum atomic E-state index is 6.52. The van der Waals surface area contributed by atoms with Crippen molar-refractivity contribution < 1.29 is 0 Å². The molecule has 2 aliphatic rings. The van der Waals surface area contributed by atoms with Gasteiger partial charge in [0.1, 0.15) is 0 Å². The predicted molar refractivity (Wildman–Crippen MR) is 93.0 cm³/mol. The molecule has 1 aliphatic carbocycles. The lowest BCUT2D eigenvalue weighted by Crippen LogP contribution is -2.21. The van der Waals surface area contributed by atoms with Crippen LogP contribution in [0.3, 0.4) is 0 Å². The SMILES string of the molecule is Clc1ccc2c(c1NC1Cc3ccccc3C1)CCNCC2. The van der Waals surface area contributed by atoms with Crippen LogP contribution in [-0.4, -0.2) is 19.1 Å². The molecule has 1 heterocycles. The molecule has 2 N–H and O–H groups in total. The first-order valence-electron chi connectivity index (χ1n) is 8.15. The Morgan fingerprint density at radius 3 is 2.41 bits per heavy atom. The quantitative estimate of drug-likeness (QED) is 0.885. The third kappa shape index (κ3) is 2.62. The van der Waals surface area contributed by atoms with Crippen LogP contribution in [0.15, 0.2) is 36.4 Å². The van der Waals surface area contributed by atoms with E-state index in [0.717, 1.165) is 43.8 Å². The summed E-state index contributed by atoms with van der Waals surface area (Å²) >= 11 is 6.52. The van der Waals surface area contributed by atoms with Crippen molar-refractivity contribution in [1.82, 2.24) is 5.32 Å². The van der Waals surface area contributed by atoms with Crippen LogP contribution in [-0.2, 0) is 25.7 Å².